The highest BCUT2D eigenvalue weighted by molar-refractivity contribution is 7.91. The fraction of sp³-hybridized carbons (Fsp3) is 0.500. The van der Waals surface area contributed by atoms with Gasteiger partial charge in [-0.05, 0) is 6.92 Å². The van der Waals surface area contributed by atoms with Crippen LogP contribution < -0.4 is 5.32 Å². The van der Waals surface area contributed by atoms with Gasteiger partial charge >= 0.3 is 5.69 Å². The van der Waals surface area contributed by atoms with E-state index >= 15 is 0 Å². The highest BCUT2D eigenvalue weighted by atomic mass is 32.2. The van der Waals surface area contributed by atoms with Gasteiger partial charge in [-0.3, -0.25) is 10.1 Å². The molecule has 0 spiro atoms. The van der Waals surface area contributed by atoms with Crippen LogP contribution in [0.1, 0.15) is 6.92 Å². The standard InChI is InChI=1S/C8H13N3O4S2/c1-4-9-8-6(11(12)13)5-7(16-8)17(14,15)10(2)3/h5,9H,4H2,1-3H3. The number of nitrogens with zero attached hydrogens (tertiary/aromatic N) is 2. The maximum absolute atomic E-state index is 11.8. The van der Waals surface area contributed by atoms with Crippen LogP contribution in [-0.4, -0.2) is 38.3 Å². The molecule has 0 aromatic carbocycles. The normalized spacial score (nSPS) is 11.8. The van der Waals surface area contributed by atoms with E-state index in [4.69, 9.17) is 0 Å². The fourth-order valence-electron chi connectivity index (χ4n) is 1.09. The highest BCUT2D eigenvalue weighted by Crippen LogP contribution is 2.37. The zero-order chi connectivity index (χ0) is 13.2. The van der Waals surface area contributed by atoms with Crippen molar-refractivity contribution in [1.82, 2.24) is 4.31 Å². The molecule has 0 unspecified atom stereocenters. The van der Waals surface area contributed by atoms with Crippen molar-refractivity contribution in [3.8, 4) is 0 Å². The second kappa shape index (κ2) is 4.98. The SMILES string of the molecule is CCNc1sc(S(=O)(=O)N(C)C)cc1[N+](=O)[O-]. The average Bonchev–Trinajstić information content (AvgIpc) is 2.62. The summed E-state index contributed by atoms with van der Waals surface area (Å²) >= 11 is 0.865. The topological polar surface area (TPSA) is 92.6 Å². The van der Waals surface area contributed by atoms with Crippen LogP contribution in [0.5, 0.6) is 0 Å². The van der Waals surface area contributed by atoms with Crippen molar-refractivity contribution in [2.24, 2.45) is 0 Å². The molecule has 0 radical (unpaired) electrons. The van der Waals surface area contributed by atoms with Gasteiger partial charge in [0.25, 0.3) is 10.0 Å². The maximum atomic E-state index is 11.8. The number of hydrogen-bond acceptors (Lipinski definition) is 6. The summed E-state index contributed by atoms with van der Waals surface area (Å²) in [5, 5.41) is 13.8. The lowest BCUT2D eigenvalue weighted by Crippen LogP contribution is -2.21. The van der Waals surface area contributed by atoms with Crippen LogP contribution in [0.3, 0.4) is 0 Å². The van der Waals surface area contributed by atoms with Crippen molar-refractivity contribution >= 4 is 32.0 Å². The first kappa shape index (κ1) is 13.9. The predicted molar refractivity (Wildman–Crippen MR) is 66.0 cm³/mol. The number of nitrogens with one attached hydrogen (secondary N) is 1. The molecule has 17 heavy (non-hydrogen) atoms. The molecule has 1 N–H and O–H groups in total. The minimum absolute atomic E-state index is 0.0369. The van der Waals surface area contributed by atoms with Gasteiger partial charge in [0, 0.05) is 26.7 Å². The van der Waals surface area contributed by atoms with E-state index in [0.29, 0.717) is 6.54 Å². The van der Waals surface area contributed by atoms with Crippen molar-refractivity contribution in [3.05, 3.63) is 16.2 Å². The Bertz CT molecular complexity index is 521. The molecule has 96 valence electrons. The molecular weight excluding hydrogens is 266 g/mol. The van der Waals surface area contributed by atoms with Gasteiger partial charge in [-0.1, -0.05) is 11.3 Å². The lowest BCUT2D eigenvalue weighted by atomic mass is 10.5. The molecule has 1 heterocycles. The molecule has 0 fully saturated rings. The molecule has 0 aliphatic rings. The molecule has 0 atom stereocenters. The summed E-state index contributed by atoms with van der Waals surface area (Å²) in [6.07, 6.45) is 0. The van der Waals surface area contributed by atoms with Crippen LogP contribution in [-0.2, 0) is 10.0 Å². The second-order valence-electron chi connectivity index (χ2n) is 3.35. The molecule has 0 bridgehead atoms. The van der Waals surface area contributed by atoms with Crippen LogP contribution in [0.25, 0.3) is 0 Å². The van der Waals surface area contributed by atoms with Crippen LogP contribution in [0, 0.1) is 10.1 Å². The summed E-state index contributed by atoms with van der Waals surface area (Å²) in [5.41, 5.74) is -0.211. The van der Waals surface area contributed by atoms with Gasteiger partial charge in [0.1, 0.15) is 4.21 Å². The Labute approximate surface area is 103 Å². The van der Waals surface area contributed by atoms with Gasteiger partial charge in [-0.15, -0.1) is 0 Å². The molecule has 9 heteroatoms. The lowest BCUT2D eigenvalue weighted by molar-refractivity contribution is -0.383. The molecule has 0 aliphatic heterocycles. The van der Waals surface area contributed by atoms with Crippen molar-refractivity contribution in [3.63, 3.8) is 0 Å². The Morgan fingerprint density at radius 2 is 2.12 bits per heavy atom. The van der Waals surface area contributed by atoms with E-state index in [1.54, 1.807) is 6.92 Å². The first-order valence-electron chi connectivity index (χ1n) is 4.75. The van der Waals surface area contributed by atoms with Crippen LogP contribution in [0.2, 0.25) is 0 Å². The fourth-order valence-corrected chi connectivity index (χ4v) is 3.65. The first-order valence-corrected chi connectivity index (χ1v) is 7.01. The van der Waals surface area contributed by atoms with Crippen molar-refractivity contribution in [1.29, 1.82) is 0 Å². The monoisotopic (exact) mass is 279 g/mol. The Balaban J connectivity index is 3.30. The number of hydrogen-bond donors (Lipinski definition) is 1. The van der Waals surface area contributed by atoms with Gasteiger partial charge in [0.05, 0.1) is 4.92 Å². The Morgan fingerprint density at radius 1 is 1.53 bits per heavy atom. The molecule has 7 nitrogen and oxygen atoms in total. The maximum Gasteiger partial charge on any atom is 0.304 e. The molecule has 1 aromatic heterocycles. The predicted octanol–water partition coefficient (Wildman–Crippen LogP) is 1.34. The molecule has 0 aliphatic carbocycles. The summed E-state index contributed by atoms with van der Waals surface area (Å²) in [6.45, 7) is 2.27. The van der Waals surface area contributed by atoms with Gasteiger partial charge in [0.15, 0.2) is 5.00 Å². The summed E-state index contributed by atoms with van der Waals surface area (Å²) in [4.78, 5) is 10.2. The van der Waals surface area contributed by atoms with E-state index < -0.39 is 14.9 Å². The van der Waals surface area contributed by atoms with Crippen molar-refractivity contribution in [2.45, 2.75) is 11.1 Å². The number of thiophene rings is 1. The molecule has 0 amide bonds. The first-order chi connectivity index (χ1) is 7.80. The van der Waals surface area contributed by atoms with E-state index in [1.807, 2.05) is 0 Å². The highest BCUT2D eigenvalue weighted by Gasteiger charge is 2.27. The third-order valence-corrected chi connectivity index (χ3v) is 5.31. The average molecular weight is 279 g/mol. The smallest absolute Gasteiger partial charge is 0.304 e. The molecule has 0 saturated heterocycles. The minimum Gasteiger partial charge on any atom is -0.372 e. The van der Waals surface area contributed by atoms with Crippen LogP contribution in [0.15, 0.2) is 10.3 Å². The van der Waals surface area contributed by atoms with Crippen molar-refractivity contribution in [2.75, 3.05) is 26.0 Å². The third-order valence-electron chi connectivity index (χ3n) is 1.96. The van der Waals surface area contributed by atoms with Gasteiger partial charge in [-0.25, -0.2) is 12.7 Å². The number of anilines is 1. The second-order valence-corrected chi connectivity index (χ2v) is 6.79. The van der Waals surface area contributed by atoms with E-state index in [9.17, 15) is 18.5 Å². The van der Waals surface area contributed by atoms with E-state index in [2.05, 4.69) is 5.32 Å². The molecule has 0 saturated carbocycles. The lowest BCUT2D eigenvalue weighted by Gasteiger charge is -2.07. The Morgan fingerprint density at radius 3 is 2.53 bits per heavy atom. The van der Waals surface area contributed by atoms with Crippen molar-refractivity contribution < 1.29 is 13.3 Å². The quantitative estimate of drug-likeness (QED) is 0.648. The Hall–Kier alpha value is -1.19. The van der Waals surface area contributed by atoms with Crippen LogP contribution in [0.4, 0.5) is 10.7 Å². The largest absolute Gasteiger partial charge is 0.372 e. The molecule has 1 aromatic rings. The summed E-state index contributed by atoms with van der Waals surface area (Å²) in [6, 6.07) is 1.08. The zero-order valence-corrected chi connectivity index (χ0v) is 11.3. The molecule has 1 rings (SSSR count). The van der Waals surface area contributed by atoms with Gasteiger partial charge in [-0.2, -0.15) is 0 Å². The minimum atomic E-state index is -3.62. The summed E-state index contributed by atoms with van der Waals surface area (Å²) < 4.78 is 24.6. The number of nitro groups is 1. The van der Waals surface area contributed by atoms with Gasteiger partial charge in [0.2, 0.25) is 0 Å². The third kappa shape index (κ3) is 2.73. The zero-order valence-electron chi connectivity index (χ0n) is 9.63. The van der Waals surface area contributed by atoms with Crippen LogP contribution >= 0.6 is 11.3 Å². The van der Waals surface area contributed by atoms with E-state index in [0.717, 1.165) is 21.7 Å². The summed E-state index contributed by atoms with van der Waals surface area (Å²) in [5.74, 6) is 0. The van der Waals surface area contributed by atoms with Gasteiger partial charge < -0.3 is 5.32 Å². The number of sulfonamides is 1. The van der Waals surface area contributed by atoms with E-state index in [-0.39, 0.29) is 14.9 Å². The summed E-state index contributed by atoms with van der Waals surface area (Å²) in [7, 11) is -0.857. The number of rotatable bonds is 5. The van der Waals surface area contributed by atoms with E-state index in [1.165, 1.54) is 14.1 Å². The molecular formula is C8H13N3O4S2. The Kier molecular flexibility index (Phi) is 4.07.